The van der Waals surface area contributed by atoms with Gasteiger partial charge in [0.2, 0.25) is 21.0 Å². The number of aliphatic hydroxyl groups is 1. The minimum atomic E-state index is -0.880. The molecule has 1 aliphatic heterocycles. The lowest BCUT2D eigenvalue weighted by Crippen LogP contribution is -3.00. The Morgan fingerprint density at radius 3 is 2.14 bits per heavy atom. The van der Waals surface area contributed by atoms with Crippen LogP contribution in [0.1, 0.15) is 38.8 Å². The molecule has 0 fully saturated rings. The van der Waals surface area contributed by atoms with Gasteiger partial charge in [0, 0.05) is 11.1 Å². The minimum Gasteiger partial charge on any atom is -1.00 e. The van der Waals surface area contributed by atoms with E-state index in [0.29, 0.717) is 0 Å². The van der Waals surface area contributed by atoms with E-state index in [-0.39, 0.29) is 18.0 Å². The summed E-state index contributed by atoms with van der Waals surface area (Å²) >= 11 is -0.453. The first-order valence-corrected chi connectivity index (χ1v) is 8.31. The van der Waals surface area contributed by atoms with E-state index in [9.17, 15) is 5.11 Å². The van der Waals surface area contributed by atoms with Crippen molar-refractivity contribution >= 4 is 11.2 Å². The molecule has 1 atom stereocenters. The lowest BCUT2D eigenvalue weighted by molar-refractivity contribution is -0.0000139. The van der Waals surface area contributed by atoms with Crippen molar-refractivity contribution in [3.63, 3.8) is 0 Å². The van der Waals surface area contributed by atoms with Crippen LogP contribution in [-0.4, -0.2) is 5.11 Å². The molecule has 1 N–H and O–H groups in total. The predicted molar refractivity (Wildman–Crippen MR) is 86.1 cm³/mol. The molecular formula is C18H21ClO2S. The molecule has 22 heavy (non-hydrogen) atoms. The summed E-state index contributed by atoms with van der Waals surface area (Å²) in [6, 6.07) is 16.4. The van der Waals surface area contributed by atoms with Gasteiger partial charge >= 0.3 is 0 Å². The van der Waals surface area contributed by atoms with Gasteiger partial charge in [0.05, 0.1) is 5.60 Å². The second-order valence-electron chi connectivity index (χ2n) is 6.41. The van der Waals surface area contributed by atoms with Crippen LogP contribution in [0.4, 0.5) is 0 Å². The third kappa shape index (κ3) is 2.91. The summed E-state index contributed by atoms with van der Waals surface area (Å²) in [6.45, 7) is 7.85. The molecule has 0 amide bonds. The van der Waals surface area contributed by atoms with E-state index < -0.39 is 16.8 Å². The highest BCUT2D eigenvalue weighted by Gasteiger charge is 2.50. The lowest BCUT2D eigenvalue weighted by atomic mass is 9.98. The first-order chi connectivity index (χ1) is 9.81. The van der Waals surface area contributed by atoms with Gasteiger partial charge in [-0.1, -0.05) is 36.4 Å². The first kappa shape index (κ1) is 17.4. The second-order valence-corrected chi connectivity index (χ2v) is 8.00. The molecule has 1 heterocycles. The molecule has 2 aromatic rings. The average molecular weight is 337 g/mol. The van der Waals surface area contributed by atoms with Gasteiger partial charge in [0.15, 0.2) is 5.60 Å². The van der Waals surface area contributed by atoms with Crippen molar-refractivity contribution in [1.82, 2.24) is 0 Å². The zero-order chi connectivity index (χ0) is 15.3. The molecule has 1 unspecified atom stereocenters. The molecule has 0 bridgehead atoms. The van der Waals surface area contributed by atoms with Gasteiger partial charge in [-0.3, -0.25) is 0 Å². The van der Waals surface area contributed by atoms with E-state index >= 15 is 0 Å². The maximum absolute atomic E-state index is 10.5. The normalized spacial score (nSPS) is 19.4. The smallest absolute Gasteiger partial charge is 0.224 e. The summed E-state index contributed by atoms with van der Waals surface area (Å²) < 4.78 is 6.36. The maximum Gasteiger partial charge on any atom is 0.224 e. The molecule has 0 saturated carbocycles. The molecule has 3 rings (SSSR count). The highest BCUT2D eigenvalue weighted by molar-refractivity contribution is 7.92. The van der Waals surface area contributed by atoms with Crippen molar-refractivity contribution in [2.24, 2.45) is 0 Å². The van der Waals surface area contributed by atoms with Gasteiger partial charge in [-0.25, -0.2) is 0 Å². The van der Waals surface area contributed by atoms with Crippen molar-refractivity contribution in [1.29, 1.82) is 0 Å². The molecule has 1 aliphatic rings. The predicted octanol–water partition coefficient (Wildman–Crippen LogP) is 1.13. The Balaban J connectivity index is 0.00000176. The van der Waals surface area contributed by atoms with Gasteiger partial charge in [0.1, 0.15) is 0 Å². The molecular weight excluding hydrogens is 316 g/mol. The van der Waals surface area contributed by atoms with Crippen LogP contribution < -0.4 is 12.4 Å². The number of hydrogen-bond acceptors (Lipinski definition) is 2. The van der Waals surface area contributed by atoms with E-state index in [1.807, 2.05) is 32.0 Å². The van der Waals surface area contributed by atoms with Gasteiger partial charge in [0.25, 0.3) is 0 Å². The Labute approximate surface area is 141 Å². The molecule has 0 aliphatic carbocycles. The molecule has 2 nitrogen and oxygen atoms in total. The van der Waals surface area contributed by atoms with Crippen LogP contribution in [0.3, 0.4) is 0 Å². The fourth-order valence-corrected chi connectivity index (χ4v) is 5.08. The van der Waals surface area contributed by atoms with Gasteiger partial charge in [-0.05, 0) is 39.8 Å². The summed E-state index contributed by atoms with van der Waals surface area (Å²) in [4.78, 5) is 2.29. The van der Waals surface area contributed by atoms with Crippen LogP contribution in [0.2, 0.25) is 0 Å². The first-order valence-electron chi connectivity index (χ1n) is 7.16. The Bertz CT molecular complexity index is 677. The molecule has 118 valence electrons. The Hall–Kier alpha value is -1.00. The Morgan fingerprint density at radius 1 is 0.955 bits per heavy atom. The molecule has 0 radical (unpaired) electrons. The number of fused-ring (bicyclic) bond motifs is 1. The molecule has 2 aromatic carbocycles. The average Bonchev–Trinajstić information content (AvgIpc) is 2.71. The summed E-state index contributed by atoms with van der Waals surface area (Å²) in [6.07, 6.45) is 0. The lowest BCUT2D eigenvalue weighted by Gasteiger charge is -2.19. The monoisotopic (exact) mass is 336 g/mol. The molecule has 4 heteroatoms. The van der Waals surface area contributed by atoms with Crippen molar-refractivity contribution in [3.8, 4) is 0 Å². The third-order valence-electron chi connectivity index (χ3n) is 3.77. The summed E-state index contributed by atoms with van der Waals surface area (Å²) in [7, 11) is 0. The zero-order valence-electron chi connectivity index (χ0n) is 13.3. The zero-order valence-corrected chi connectivity index (χ0v) is 14.8. The highest BCUT2D eigenvalue weighted by Crippen LogP contribution is 2.46. The third-order valence-corrected chi connectivity index (χ3v) is 5.87. The molecule has 0 saturated heterocycles. The van der Waals surface area contributed by atoms with E-state index in [4.69, 9.17) is 4.18 Å². The molecule has 0 aromatic heterocycles. The van der Waals surface area contributed by atoms with Gasteiger partial charge in [-0.15, -0.1) is 0 Å². The number of halogens is 1. The van der Waals surface area contributed by atoms with Gasteiger partial charge in [-0.2, -0.15) is 4.18 Å². The van der Waals surface area contributed by atoms with Crippen molar-refractivity contribution in [2.45, 2.75) is 48.7 Å². The maximum atomic E-state index is 10.5. The standard InChI is InChI=1S/C18H21O2S.ClH/c1-17(2,19)13-9-5-7-11-15(13)21-16-12-8-6-10-14(16)18(3,4)20-21;/h5-12,19H,1-4H3;1H/q+1;/p-1. The van der Waals surface area contributed by atoms with Crippen LogP contribution in [0.25, 0.3) is 0 Å². The Kier molecular flexibility index (Phi) is 4.65. The van der Waals surface area contributed by atoms with E-state index in [2.05, 4.69) is 44.2 Å². The van der Waals surface area contributed by atoms with Crippen LogP contribution in [0, 0.1) is 0 Å². The quantitative estimate of drug-likeness (QED) is 0.833. The van der Waals surface area contributed by atoms with Crippen molar-refractivity contribution in [2.75, 3.05) is 0 Å². The largest absolute Gasteiger partial charge is 1.00 e. The Morgan fingerprint density at radius 2 is 1.50 bits per heavy atom. The van der Waals surface area contributed by atoms with E-state index in [1.165, 1.54) is 10.5 Å². The topological polar surface area (TPSA) is 29.5 Å². The SMILES string of the molecule is CC(C)(O)c1ccccc1[S+]1OC(C)(C)c2ccccc21.[Cl-]. The summed E-state index contributed by atoms with van der Waals surface area (Å²) in [5, 5.41) is 10.5. The fourth-order valence-electron chi connectivity index (χ4n) is 2.72. The van der Waals surface area contributed by atoms with Crippen LogP contribution in [0.15, 0.2) is 58.3 Å². The minimum absolute atomic E-state index is 0. The van der Waals surface area contributed by atoms with Crippen LogP contribution >= 0.6 is 0 Å². The van der Waals surface area contributed by atoms with E-state index in [0.717, 1.165) is 10.5 Å². The van der Waals surface area contributed by atoms with Crippen molar-refractivity contribution < 1.29 is 21.7 Å². The highest BCUT2D eigenvalue weighted by atomic mass is 35.5. The number of rotatable bonds is 2. The fraction of sp³-hybridized carbons (Fsp3) is 0.333. The number of hydrogen-bond donors (Lipinski definition) is 1. The second kappa shape index (κ2) is 5.89. The summed E-state index contributed by atoms with van der Waals surface area (Å²) in [5.74, 6) is 0. The number of benzene rings is 2. The molecule has 0 spiro atoms. The van der Waals surface area contributed by atoms with Gasteiger partial charge < -0.3 is 17.5 Å². The van der Waals surface area contributed by atoms with E-state index in [1.54, 1.807) is 0 Å². The van der Waals surface area contributed by atoms with Crippen LogP contribution in [-0.2, 0) is 26.6 Å². The van der Waals surface area contributed by atoms with Crippen LogP contribution in [0.5, 0.6) is 0 Å². The summed E-state index contributed by atoms with van der Waals surface area (Å²) in [5.41, 5.74) is 0.987. The van der Waals surface area contributed by atoms with Crippen molar-refractivity contribution in [3.05, 3.63) is 59.7 Å².